The van der Waals surface area contributed by atoms with Gasteiger partial charge >= 0.3 is 0 Å². The highest BCUT2D eigenvalue weighted by Gasteiger charge is 2.09. The van der Waals surface area contributed by atoms with E-state index in [1.165, 1.54) is 6.20 Å². The van der Waals surface area contributed by atoms with Crippen LogP contribution in [0.3, 0.4) is 0 Å². The van der Waals surface area contributed by atoms with Crippen LogP contribution in [-0.2, 0) is 0 Å². The molecule has 0 radical (unpaired) electrons. The van der Waals surface area contributed by atoms with Crippen molar-refractivity contribution in [3.05, 3.63) is 83.6 Å². The van der Waals surface area contributed by atoms with Crippen molar-refractivity contribution in [2.24, 2.45) is 0 Å². The zero-order valence-electron chi connectivity index (χ0n) is 12.2. The van der Waals surface area contributed by atoms with Crippen molar-refractivity contribution in [3.63, 3.8) is 0 Å². The Morgan fingerprint density at radius 3 is 2.43 bits per heavy atom. The maximum Gasteiger partial charge on any atom is 0.257 e. The molecule has 0 aliphatic rings. The number of nitrogens with one attached hydrogen (secondary N) is 2. The average Bonchev–Trinajstić information content (AvgIpc) is 2.58. The van der Waals surface area contributed by atoms with Gasteiger partial charge < -0.3 is 10.6 Å². The lowest BCUT2D eigenvalue weighted by Gasteiger charge is -2.09. The lowest BCUT2D eigenvalue weighted by molar-refractivity contribution is 0.102. The van der Waals surface area contributed by atoms with Crippen molar-refractivity contribution in [2.75, 3.05) is 10.6 Å². The highest BCUT2D eigenvalue weighted by Crippen LogP contribution is 2.22. The third-order valence-corrected chi connectivity index (χ3v) is 3.51. The normalized spacial score (nSPS) is 10.1. The molecular formula is C18H14ClN3O. The molecule has 1 amide bonds. The van der Waals surface area contributed by atoms with Gasteiger partial charge in [0.05, 0.1) is 28.2 Å². The summed E-state index contributed by atoms with van der Waals surface area (Å²) in [7, 11) is 0. The summed E-state index contributed by atoms with van der Waals surface area (Å²) in [6.45, 7) is 0. The highest BCUT2D eigenvalue weighted by atomic mass is 35.5. The summed E-state index contributed by atoms with van der Waals surface area (Å²) in [6, 6.07) is 18.5. The van der Waals surface area contributed by atoms with Crippen LogP contribution in [-0.4, -0.2) is 10.9 Å². The molecule has 0 bridgehead atoms. The fourth-order valence-electron chi connectivity index (χ4n) is 2.08. The zero-order chi connectivity index (χ0) is 16.1. The van der Waals surface area contributed by atoms with Gasteiger partial charge in [-0.2, -0.15) is 0 Å². The topological polar surface area (TPSA) is 54.0 Å². The first-order chi connectivity index (χ1) is 11.2. The van der Waals surface area contributed by atoms with Crippen molar-refractivity contribution < 1.29 is 4.79 Å². The predicted octanol–water partition coefficient (Wildman–Crippen LogP) is 4.73. The van der Waals surface area contributed by atoms with Gasteiger partial charge in [-0.25, -0.2) is 0 Å². The van der Waals surface area contributed by atoms with E-state index >= 15 is 0 Å². The van der Waals surface area contributed by atoms with E-state index in [1.54, 1.807) is 24.4 Å². The van der Waals surface area contributed by atoms with E-state index in [4.69, 9.17) is 11.6 Å². The molecule has 0 atom stereocenters. The lowest BCUT2D eigenvalue weighted by atomic mass is 10.2. The quantitative estimate of drug-likeness (QED) is 0.729. The van der Waals surface area contributed by atoms with Crippen LogP contribution in [0.4, 0.5) is 17.1 Å². The molecule has 4 nitrogen and oxygen atoms in total. The minimum atomic E-state index is -0.262. The molecule has 5 heteroatoms. The van der Waals surface area contributed by atoms with Gasteiger partial charge in [0.2, 0.25) is 0 Å². The minimum absolute atomic E-state index is 0.262. The van der Waals surface area contributed by atoms with E-state index in [9.17, 15) is 4.79 Å². The number of carbonyl (C=O) groups is 1. The Labute approximate surface area is 139 Å². The molecule has 3 rings (SSSR count). The van der Waals surface area contributed by atoms with Gasteiger partial charge in [0, 0.05) is 11.9 Å². The van der Waals surface area contributed by atoms with E-state index < -0.39 is 0 Å². The molecule has 2 aromatic carbocycles. The molecule has 0 saturated carbocycles. The number of anilines is 3. The summed E-state index contributed by atoms with van der Waals surface area (Å²) >= 11 is 6.05. The maximum atomic E-state index is 12.3. The molecule has 0 saturated heterocycles. The zero-order valence-corrected chi connectivity index (χ0v) is 12.9. The van der Waals surface area contributed by atoms with E-state index in [0.29, 0.717) is 16.3 Å². The first kappa shape index (κ1) is 15.1. The summed E-state index contributed by atoms with van der Waals surface area (Å²) in [4.78, 5) is 16.4. The molecule has 0 fully saturated rings. The van der Waals surface area contributed by atoms with E-state index in [2.05, 4.69) is 15.6 Å². The molecule has 114 valence electrons. The number of rotatable bonds is 4. The molecule has 3 aromatic rings. The number of halogens is 1. The van der Waals surface area contributed by atoms with Gasteiger partial charge in [-0.15, -0.1) is 0 Å². The Morgan fingerprint density at radius 2 is 1.65 bits per heavy atom. The van der Waals surface area contributed by atoms with Crippen LogP contribution < -0.4 is 10.6 Å². The smallest absolute Gasteiger partial charge is 0.257 e. The molecular weight excluding hydrogens is 310 g/mol. The van der Waals surface area contributed by atoms with Gasteiger partial charge in [-0.05, 0) is 30.3 Å². The summed E-state index contributed by atoms with van der Waals surface area (Å²) in [5.74, 6) is -0.262. The van der Waals surface area contributed by atoms with E-state index in [0.717, 1.165) is 11.4 Å². The number of amides is 1. The van der Waals surface area contributed by atoms with Crippen molar-refractivity contribution in [2.45, 2.75) is 0 Å². The molecule has 1 aromatic heterocycles. The van der Waals surface area contributed by atoms with Crippen LogP contribution in [0.25, 0.3) is 0 Å². The summed E-state index contributed by atoms with van der Waals surface area (Å²) in [6.07, 6.45) is 3.18. The van der Waals surface area contributed by atoms with Crippen LogP contribution in [0.1, 0.15) is 10.4 Å². The molecule has 23 heavy (non-hydrogen) atoms. The van der Waals surface area contributed by atoms with Crippen LogP contribution in [0.2, 0.25) is 5.02 Å². The fraction of sp³-hybridized carbons (Fsp3) is 0. The minimum Gasteiger partial charge on any atom is -0.354 e. The number of pyridine rings is 1. The molecule has 2 N–H and O–H groups in total. The first-order valence-electron chi connectivity index (χ1n) is 7.05. The molecule has 0 aliphatic carbocycles. The number of para-hydroxylation sites is 2. The Kier molecular flexibility index (Phi) is 4.54. The van der Waals surface area contributed by atoms with Gasteiger partial charge in [-0.1, -0.05) is 41.9 Å². The van der Waals surface area contributed by atoms with Crippen molar-refractivity contribution in [3.8, 4) is 0 Å². The van der Waals surface area contributed by atoms with Gasteiger partial charge in [-0.3, -0.25) is 9.78 Å². The number of hydrogen-bond acceptors (Lipinski definition) is 3. The number of hydrogen-bond donors (Lipinski definition) is 2. The van der Waals surface area contributed by atoms with Crippen LogP contribution >= 0.6 is 11.6 Å². The number of nitrogens with zero attached hydrogens (tertiary/aromatic N) is 1. The number of aromatic nitrogens is 1. The molecule has 0 spiro atoms. The van der Waals surface area contributed by atoms with Gasteiger partial charge in [0.15, 0.2) is 0 Å². The molecule has 0 unspecified atom stereocenters. The first-order valence-corrected chi connectivity index (χ1v) is 7.43. The van der Waals surface area contributed by atoms with Crippen LogP contribution in [0, 0.1) is 0 Å². The maximum absolute atomic E-state index is 12.3. The molecule has 1 heterocycles. The highest BCUT2D eigenvalue weighted by molar-refractivity contribution is 6.33. The third-order valence-electron chi connectivity index (χ3n) is 3.18. The van der Waals surface area contributed by atoms with Gasteiger partial charge in [0.25, 0.3) is 5.91 Å². The van der Waals surface area contributed by atoms with E-state index in [1.807, 2.05) is 42.5 Å². The summed E-state index contributed by atoms with van der Waals surface area (Å²) in [5.41, 5.74) is 2.69. The number of benzene rings is 2. The Balaban J connectivity index is 1.77. The van der Waals surface area contributed by atoms with E-state index in [-0.39, 0.29) is 5.91 Å². The lowest BCUT2D eigenvalue weighted by Crippen LogP contribution is -2.12. The second-order valence-electron chi connectivity index (χ2n) is 4.89. The molecule has 0 aliphatic heterocycles. The SMILES string of the molecule is O=C(Nc1ccccc1Cl)c1cncc(Nc2ccccc2)c1. The summed E-state index contributed by atoms with van der Waals surface area (Å²) in [5, 5.41) is 6.48. The second kappa shape index (κ2) is 6.94. The standard InChI is InChI=1S/C18H14ClN3O/c19-16-8-4-5-9-17(16)22-18(23)13-10-15(12-20-11-13)21-14-6-2-1-3-7-14/h1-12,21H,(H,22,23). The second-order valence-corrected chi connectivity index (χ2v) is 5.29. The summed E-state index contributed by atoms with van der Waals surface area (Å²) < 4.78 is 0. The van der Waals surface area contributed by atoms with Crippen molar-refractivity contribution in [1.82, 2.24) is 4.98 Å². The Bertz CT molecular complexity index is 821. The Hall–Kier alpha value is -2.85. The predicted molar refractivity (Wildman–Crippen MR) is 93.4 cm³/mol. The number of carbonyl (C=O) groups excluding carboxylic acids is 1. The third kappa shape index (κ3) is 3.87. The largest absolute Gasteiger partial charge is 0.354 e. The average molecular weight is 324 g/mol. The van der Waals surface area contributed by atoms with Gasteiger partial charge in [0.1, 0.15) is 0 Å². The van der Waals surface area contributed by atoms with Crippen molar-refractivity contribution >= 4 is 34.6 Å². The van der Waals surface area contributed by atoms with Crippen molar-refractivity contribution in [1.29, 1.82) is 0 Å². The Morgan fingerprint density at radius 1 is 0.913 bits per heavy atom. The van der Waals surface area contributed by atoms with Crippen LogP contribution in [0.15, 0.2) is 73.1 Å². The monoisotopic (exact) mass is 323 g/mol. The fourth-order valence-corrected chi connectivity index (χ4v) is 2.26. The van der Waals surface area contributed by atoms with Crippen LogP contribution in [0.5, 0.6) is 0 Å².